The van der Waals surface area contributed by atoms with E-state index in [1.54, 1.807) is 32.3 Å². The Morgan fingerprint density at radius 3 is 2.64 bits per heavy atom. The van der Waals surface area contributed by atoms with E-state index in [0.717, 1.165) is 32.3 Å². The molecule has 0 bridgehead atoms. The summed E-state index contributed by atoms with van der Waals surface area (Å²) < 4.78 is 7.57. The van der Waals surface area contributed by atoms with Gasteiger partial charge >= 0.3 is 0 Å². The van der Waals surface area contributed by atoms with Crippen LogP contribution < -0.4 is 10.5 Å². The second-order valence-corrected chi connectivity index (χ2v) is 8.89. The summed E-state index contributed by atoms with van der Waals surface area (Å²) in [4.78, 5) is 16.6. The van der Waals surface area contributed by atoms with Gasteiger partial charge in [-0.15, -0.1) is 11.3 Å². The van der Waals surface area contributed by atoms with Gasteiger partial charge in [-0.1, -0.05) is 6.07 Å². The van der Waals surface area contributed by atoms with Crippen molar-refractivity contribution in [3.63, 3.8) is 0 Å². The first-order chi connectivity index (χ1) is 13.2. The number of carbonyl (C=O) groups excluding carboxylic acids is 1. The van der Waals surface area contributed by atoms with Crippen LogP contribution in [0.15, 0.2) is 51.2 Å². The Kier molecular flexibility index (Phi) is 5.91. The number of carbonyl (C=O) groups is 1. The van der Waals surface area contributed by atoms with Crippen LogP contribution in [0.2, 0.25) is 0 Å². The number of thiophene rings is 1. The van der Waals surface area contributed by atoms with Crippen LogP contribution in [0.1, 0.15) is 32.8 Å². The van der Waals surface area contributed by atoms with Gasteiger partial charge in [0.15, 0.2) is 0 Å². The van der Waals surface area contributed by atoms with E-state index in [1.165, 1.54) is 4.70 Å². The quantitative estimate of drug-likeness (QED) is 0.368. The fraction of sp³-hybridized carbons (Fsp3) is 0.273. The molecule has 0 fully saturated rings. The minimum absolute atomic E-state index is 0.0739. The minimum atomic E-state index is -0.713. The van der Waals surface area contributed by atoms with Crippen LogP contribution in [0.25, 0.3) is 21.2 Å². The molecule has 0 aliphatic heterocycles. The lowest BCUT2D eigenvalue weighted by atomic mass is 9.85. The molecule has 0 saturated carbocycles. The number of hydrogen-bond acceptors (Lipinski definition) is 4. The van der Waals surface area contributed by atoms with E-state index >= 15 is 0 Å². The molecule has 0 amide bonds. The lowest BCUT2D eigenvalue weighted by molar-refractivity contribution is -0.118. The Bertz CT molecular complexity index is 1070. The van der Waals surface area contributed by atoms with Crippen molar-refractivity contribution in [1.29, 1.82) is 0 Å². The smallest absolute Gasteiger partial charge is 0.133 e. The highest BCUT2D eigenvalue weighted by molar-refractivity contribution is 9.10. The molecule has 2 aromatic carbocycles. The molecule has 146 valence electrons. The van der Waals surface area contributed by atoms with Crippen LogP contribution in [-0.2, 0) is 10.3 Å². The molecular formula is C22H23BrN2O2S. The zero-order chi connectivity index (χ0) is 20.5. The van der Waals surface area contributed by atoms with E-state index < -0.39 is 5.54 Å². The van der Waals surface area contributed by atoms with Crippen molar-refractivity contribution in [3.8, 4) is 16.9 Å². The molecule has 3 aromatic rings. The standard InChI is InChI=1S/C22H23BrN2O2S/c1-13(26)12-22(3,25-14(2)24)17-9-16-7-8-28-21(16)18(11-17)15-5-6-19(23)20(10-15)27-4/h5-11H,12H2,1-4H3,(H2,24,25)/t22-/m0/s1. The van der Waals surface area contributed by atoms with Gasteiger partial charge in [-0.3, -0.25) is 9.79 Å². The van der Waals surface area contributed by atoms with Gasteiger partial charge in [0.2, 0.25) is 0 Å². The van der Waals surface area contributed by atoms with Gasteiger partial charge in [0.1, 0.15) is 11.5 Å². The average molecular weight is 459 g/mol. The Hall–Kier alpha value is -2.18. The summed E-state index contributed by atoms with van der Waals surface area (Å²) in [6, 6.07) is 12.4. The number of ketones is 1. The summed E-state index contributed by atoms with van der Waals surface area (Å²) in [7, 11) is 1.66. The monoisotopic (exact) mass is 458 g/mol. The number of ether oxygens (including phenoxy) is 1. The van der Waals surface area contributed by atoms with Crippen LogP contribution >= 0.6 is 27.3 Å². The molecule has 0 spiro atoms. The molecule has 0 saturated heterocycles. The van der Waals surface area contributed by atoms with Gasteiger partial charge in [-0.2, -0.15) is 0 Å². The molecule has 28 heavy (non-hydrogen) atoms. The zero-order valence-electron chi connectivity index (χ0n) is 16.4. The summed E-state index contributed by atoms with van der Waals surface area (Å²) in [6.07, 6.45) is 0.292. The summed E-state index contributed by atoms with van der Waals surface area (Å²) in [6.45, 7) is 5.30. The number of aliphatic imine (C=N–C) groups is 1. The molecule has 1 heterocycles. The van der Waals surface area contributed by atoms with Crippen LogP contribution in [0, 0.1) is 0 Å². The van der Waals surface area contributed by atoms with Crippen LogP contribution in [0.4, 0.5) is 0 Å². The molecule has 6 heteroatoms. The van der Waals surface area contributed by atoms with E-state index in [-0.39, 0.29) is 5.78 Å². The van der Waals surface area contributed by atoms with Gasteiger partial charge in [-0.05, 0) is 94.5 Å². The van der Waals surface area contributed by atoms with Crippen LogP contribution in [-0.4, -0.2) is 18.7 Å². The van der Waals surface area contributed by atoms with Gasteiger partial charge in [-0.25, -0.2) is 0 Å². The highest BCUT2D eigenvalue weighted by atomic mass is 79.9. The number of methoxy groups -OCH3 is 1. The Morgan fingerprint density at radius 1 is 1.25 bits per heavy atom. The predicted molar refractivity (Wildman–Crippen MR) is 121 cm³/mol. The van der Waals surface area contributed by atoms with Crippen molar-refractivity contribution in [3.05, 3.63) is 51.8 Å². The fourth-order valence-corrected chi connectivity index (χ4v) is 4.84. The SMILES string of the molecule is COc1cc(-c2cc([C@](C)(CC(C)=O)N=C(C)N)cc3ccsc23)ccc1Br. The number of nitrogens with zero attached hydrogens (tertiary/aromatic N) is 1. The Labute approximate surface area is 177 Å². The summed E-state index contributed by atoms with van der Waals surface area (Å²) in [5.74, 6) is 1.31. The van der Waals surface area contributed by atoms with E-state index in [9.17, 15) is 4.79 Å². The Balaban J connectivity index is 2.27. The lowest BCUT2D eigenvalue weighted by Crippen LogP contribution is -2.26. The second kappa shape index (κ2) is 8.05. The van der Waals surface area contributed by atoms with Gasteiger partial charge in [0.05, 0.1) is 23.0 Å². The molecule has 0 radical (unpaired) electrons. The van der Waals surface area contributed by atoms with Crippen molar-refractivity contribution in [1.82, 2.24) is 0 Å². The normalized spacial score (nSPS) is 14.1. The number of hydrogen-bond donors (Lipinski definition) is 1. The predicted octanol–water partition coefficient (Wildman–Crippen LogP) is 5.91. The molecule has 4 nitrogen and oxygen atoms in total. The minimum Gasteiger partial charge on any atom is -0.496 e. The second-order valence-electron chi connectivity index (χ2n) is 7.12. The van der Waals surface area contributed by atoms with E-state index in [2.05, 4.69) is 50.6 Å². The summed E-state index contributed by atoms with van der Waals surface area (Å²) in [5.41, 5.74) is 8.30. The van der Waals surface area contributed by atoms with Crippen LogP contribution in [0.5, 0.6) is 5.75 Å². The first-order valence-electron chi connectivity index (χ1n) is 8.90. The molecule has 1 aromatic heterocycles. The number of rotatable bonds is 6. The Morgan fingerprint density at radius 2 is 2.00 bits per heavy atom. The van der Waals surface area contributed by atoms with Crippen molar-refractivity contribution < 1.29 is 9.53 Å². The first-order valence-corrected chi connectivity index (χ1v) is 10.6. The van der Waals surface area contributed by atoms with Crippen molar-refractivity contribution in [2.45, 2.75) is 32.7 Å². The van der Waals surface area contributed by atoms with E-state index in [0.29, 0.717) is 12.3 Å². The average Bonchev–Trinajstić information content (AvgIpc) is 3.08. The maximum absolute atomic E-state index is 12.0. The number of amidine groups is 1. The van der Waals surface area contributed by atoms with E-state index in [4.69, 9.17) is 10.5 Å². The molecule has 1 atom stereocenters. The number of fused-ring (bicyclic) bond motifs is 1. The maximum Gasteiger partial charge on any atom is 0.133 e. The third kappa shape index (κ3) is 4.13. The van der Waals surface area contributed by atoms with Gasteiger partial charge in [0.25, 0.3) is 0 Å². The maximum atomic E-state index is 12.0. The number of benzene rings is 2. The van der Waals surface area contributed by atoms with Crippen molar-refractivity contribution >= 4 is 49.0 Å². The van der Waals surface area contributed by atoms with E-state index in [1.807, 2.05) is 19.1 Å². The summed E-state index contributed by atoms with van der Waals surface area (Å²) in [5, 5.41) is 3.20. The topological polar surface area (TPSA) is 64.7 Å². The highest BCUT2D eigenvalue weighted by Crippen LogP contribution is 2.41. The number of halogens is 1. The first kappa shape index (κ1) is 20.6. The van der Waals surface area contributed by atoms with Gasteiger partial charge < -0.3 is 10.5 Å². The van der Waals surface area contributed by atoms with Crippen LogP contribution in [0.3, 0.4) is 0 Å². The van der Waals surface area contributed by atoms with Gasteiger partial charge in [0, 0.05) is 11.1 Å². The zero-order valence-corrected chi connectivity index (χ0v) is 18.8. The highest BCUT2D eigenvalue weighted by Gasteiger charge is 2.29. The third-order valence-electron chi connectivity index (χ3n) is 4.65. The third-order valence-corrected chi connectivity index (χ3v) is 6.27. The number of Topliss-reactive ketones (excluding diaryl/α,β-unsaturated/α-hetero) is 1. The van der Waals surface area contributed by atoms with Crippen molar-refractivity contribution in [2.75, 3.05) is 7.11 Å². The molecule has 0 aliphatic rings. The molecule has 2 N–H and O–H groups in total. The fourth-order valence-electron chi connectivity index (χ4n) is 3.51. The summed E-state index contributed by atoms with van der Waals surface area (Å²) >= 11 is 5.21. The molecular weight excluding hydrogens is 436 g/mol. The molecule has 0 unspecified atom stereocenters. The lowest BCUT2D eigenvalue weighted by Gasteiger charge is -2.26. The van der Waals surface area contributed by atoms with Crippen molar-refractivity contribution in [2.24, 2.45) is 10.7 Å². The molecule has 0 aliphatic carbocycles. The largest absolute Gasteiger partial charge is 0.496 e. The number of nitrogens with two attached hydrogens (primary N) is 1. The molecule has 3 rings (SSSR count).